The normalized spacial score (nSPS) is 11.3. The molecule has 0 atom stereocenters. The summed E-state index contributed by atoms with van der Waals surface area (Å²) in [6.45, 7) is 0. The molecule has 4 aromatic rings. The molecule has 0 unspecified atom stereocenters. The Balaban J connectivity index is 2.17. The molecular formula is C18H12O3. The van der Waals surface area contributed by atoms with E-state index in [4.69, 9.17) is 9.15 Å². The topological polar surface area (TPSA) is 39.4 Å². The van der Waals surface area contributed by atoms with Gasteiger partial charge in [0, 0.05) is 0 Å². The maximum absolute atomic E-state index is 12.6. The molecular weight excluding hydrogens is 264 g/mol. The van der Waals surface area contributed by atoms with Gasteiger partial charge in [-0.3, -0.25) is 4.79 Å². The fourth-order valence-electron chi connectivity index (χ4n) is 2.65. The van der Waals surface area contributed by atoms with Crippen molar-refractivity contribution in [1.82, 2.24) is 0 Å². The lowest BCUT2D eigenvalue weighted by atomic mass is 10.1. The third-order valence-corrected chi connectivity index (χ3v) is 3.74. The molecule has 21 heavy (non-hydrogen) atoms. The summed E-state index contributed by atoms with van der Waals surface area (Å²) >= 11 is 0. The lowest BCUT2D eigenvalue weighted by Crippen LogP contribution is -2.01. The molecule has 4 rings (SSSR count). The van der Waals surface area contributed by atoms with E-state index in [-0.39, 0.29) is 5.43 Å². The monoisotopic (exact) mass is 276 g/mol. The van der Waals surface area contributed by atoms with Crippen molar-refractivity contribution in [2.75, 3.05) is 7.11 Å². The van der Waals surface area contributed by atoms with E-state index in [9.17, 15) is 4.79 Å². The Bertz CT molecular complexity index is 1040. The van der Waals surface area contributed by atoms with Gasteiger partial charge in [-0.15, -0.1) is 0 Å². The summed E-state index contributed by atoms with van der Waals surface area (Å²) in [6.07, 6.45) is 0. The predicted molar refractivity (Wildman–Crippen MR) is 84.0 cm³/mol. The molecule has 3 aromatic carbocycles. The molecule has 0 aliphatic rings. The van der Waals surface area contributed by atoms with Gasteiger partial charge in [0.1, 0.15) is 16.9 Å². The molecule has 0 spiro atoms. The van der Waals surface area contributed by atoms with Gasteiger partial charge < -0.3 is 9.15 Å². The summed E-state index contributed by atoms with van der Waals surface area (Å²) in [4.78, 5) is 12.6. The maximum atomic E-state index is 12.6. The SMILES string of the molecule is COc1ccc2cc3c(=O)c4ccccc4oc3cc2c1. The van der Waals surface area contributed by atoms with Crippen LogP contribution in [0.2, 0.25) is 0 Å². The second-order valence-corrected chi connectivity index (χ2v) is 4.99. The largest absolute Gasteiger partial charge is 0.497 e. The Labute approximate surface area is 120 Å². The van der Waals surface area contributed by atoms with Crippen LogP contribution in [0.15, 0.2) is 63.8 Å². The maximum Gasteiger partial charge on any atom is 0.200 e. The number of hydrogen-bond donors (Lipinski definition) is 0. The first-order chi connectivity index (χ1) is 10.3. The van der Waals surface area contributed by atoms with Crippen LogP contribution in [0.1, 0.15) is 0 Å². The first-order valence-electron chi connectivity index (χ1n) is 6.69. The summed E-state index contributed by atoms with van der Waals surface area (Å²) in [5.41, 5.74) is 1.21. The summed E-state index contributed by atoms with van der Waals surface area (Å²) in [5, 5.41) is 3.19. The molecule has 0 amide bonds. The van der Waals surface area contributed by atoms with Crippen LogP contribution in [-0.4, -0.2) is 7.11 Å². The van der Waals surface area contributed by atoms with Crippen LogP contribution in [0, 0.1) is 0 Å². The zero-order valence-electron chi connectivity index (χ0n) is 11.4. The summed E-state index contributed by atoms with van der Waals surface area (Å²) in [6, 6.07) is 16.8. The third-order valence-electron chi connectivity index (χ3n) is 3.74. The van der Waals surface area contributed by atoms with Crippen LogP contribution < -0.4 is 10.2 Å². The molecule has 0 aliphatic carbocycles. The molecule has 0 radical (unpaired) electrons. The Morgan fingerprint density at radius 3 is 2.57 bits per heavy atom. The highest BCUT2D eigenvalue weighted by Gasteiger charge is 2.08. The fraction of sp³-hybridized carbons (Fsp3) is 0.0556. The smallest absolute Gasteiger partial charge is 0.200 e. The molecule has 0 aliphatic heterocycles. The highest BCUT2D eigenvalue weighted by molar-refractivity contribution is 5.99. The Hall–Kier alpha value is -2.81. The Morgan fingerprint density at radius 2 is 1.71 bits per heavy atom. The van der Waals surface area contributed by atoms with Gasteiger partial charge >= 0.3 is 0 Å². The van der Waals surface area contributed by atoms with Gasteiger partial charge in [-0.1, -0.05) is 18.2 Å². The number of ether oxygens (including phenoxy) is 1. The molecule has 0 N–H and O–H groups in total. The average molecular weight is 276 g/mol. The molecule has 0 fully saturated rings. The molecule has 0 saturated carbocycles. The zero-order chi connectivity index (χ0) is 14.4. The van der Waals surface area contributed by atoms with Crippen molar-refractivity contribution in [2.24, 2.45) is 0 Å². The van der Waals surface area contributed by atoms with Crippen LogP contribution in [0.25, 0.3) is 32.7 Å². The molecule has 1 aromatic heterocycles. The van der Waals surface area contributed by atoms with Gasteiger partial charge in [0.2, 0.25) is 5.43 Å². The zero-order valence-corrected chi connectivity index (χ0v) is 11.4. The van der Waals surface area contributed by atoms with E-state index >= 15 is 0 Å². The third kappa shape index (κ3) is 1.78. The molecule has 3 nitrogen and oxygen atoms in total. The van der Waals surface area contributed by atoms with E-state index < -0.39 is 0 Å². The molecule has 1 heterocycles. The minimum atomic E-state index is 0.00423. The van der Waals surface area contributed by atoms with Gasteiger partial charge in [0.05, 0.1) is 17.9 Å². The van der Waals surface area contributed by atoms with E-state index in [1.54, 1.807) is 13.2 Å². The van der Waals surface area contributed by atoms with Gasteiger partial charge in [-0.05, 0) is 47.2 Å². The molecule has 0 bridgehead atoms. The lowest BCUT2D eigenvalue weighted by molar-refractivity contribution is 0.415. The Kier molecular flexibility index (Phi) is 2.48. The number of methoxy groups -OCH3 is 1. The fourth-order valence-corrected chi connectivity index (χ4v) is 2.65. The summed E-state index contributed by atoms with van der Waals surface area (Å²) in [7, 11) is 1.63. The van der Waals surface area contributed by atoms with Crippen LogP contribution in [0.3, 0.4) is 0 Å². The minimum Gasteiger partial charge on any atom is -0.497 e. The number of para-hydroxylation sites is 1. The van der Waals surface area contributed by atoms with Crippen LogP contribution in [0.5, 0.6) is 5.75 Å². The summed E-state index contributed by atoms with van der Waals surface area (Å²) < 4.78 is 11.1. The Morgan fingerprint density at radius 1 is 0.857 bits per heavy atom. The molecule has 0 saturated heterocycles. The second-order valence-electron chi connectivity index (χ2n) is 4.99. The minimum absolute atomic E-state index is 0.00423. The number of fused-ring (bicyclic) bond motifs is 3. The van der Waals surface area contributed by atoms with E-state index in [1.165, 1.54) is 0 Å². The van der Waals surface area contributed by atoms with E-state index in [0.717, 1.165) is 16.5 Å². The van der Waals surface area contributed by atoms with E-state index in [0.29, 0.717) is 21.9 Å². The lowest BCUT2D eigenvalue weighted by Gasteiger charge is -2.05. The standard InChI is InChI=1S/C18H12O3/c1-20-13-7-6-11-9-15-17(10-12(11)8-13)21-16-5-3-2-4-14(16)18(15)19/h2-10H,1H3. The van der Waals surface area contributed by atoms with Crippen molar-refractivity contribution >= 4 is 32.7 Å². The van der Waals surface area contributed by atoms with Crippen molar-refractivity contribution in [2.45, 2.75) is 0 Å². The molecule has 102 valence electrons. The predicted octanol–water partition coefficient (Wildman–Crippen LogP) is 4.11. The van der Waals surface area contributed by atoms with Gasteiger partial charge in [0.25, 0.3) is 0 Å². The molecule has 3 heteroatoms. The first kappa shape index (κ1) is 12.0. The number of benzene rings is 3. The van der Waals surface area contributed by atoms with Crippen molar-refractivity contribution in [3.8, 4) is 5.75 Å². The van der Waals surface area contributed by atoms with Crippen molar-refractivity contribution < 1.29 is 9.15 Å². The number of hydrogen-bond acceptors (Lipinski definition) is 3. The highest BCUT2D eigenvalue weighted by Crippen LogP contribution is 2.26. The first-order valence-corrected chi connectivity index (χ1v) is 6.69. The van der Waals surface area contributed by atoms with Crippen molar-refractivity contribution in [3.63, 3.8) is 0 Å². The van der Waals surface area contributed by atoms with Crippen molar-refractivity contribution in [3.05, 3.63) is 64.8 Å². The van der Waals surface area contributed by atoms with Crippen LogP contribution in [0.4, 0.5) is 0 Å². The van der Waals surface area contributed by atoms with Gasteiger partial charge in [-0.25, -0.2) is 0 Å². The number of rotatable bonds is 1. The second kappa shape index (κ2) is 4.35. The van der Waals surface area contributed by atoms with E-state index in [1.807, 2.05) is 48.5 Å². The average Bonchev–Trinajstić information content (AvgIpc) is 2.53. The van der Waals surface area contributed by atoms with Gasteiger partial charge in [-0.2, -0.15) is 0 Å². The highest BCUT2D eigenvalue weighted by atomic mass is 16.5. The quantitative estimate of drug-likeness (QED) is 0.491. The summed E-state index contributed by atoms with van der Waals surface area (Å²) in [5.74, 6) is 0.782. The van der Waals surface area contributed by atoms with Crippen LogP contribution in [-0.2, 0) is 0 Å². The van der Waals surface area contributed by atoms with E-state index in [2.05, 4.69) is 0 Å². The van der Waals surface area contributed by atoms with Crippen molar-refractivity contribution in [1.29, 1.82) is 0 Å². The van der Waals surface area contributed by atoms with Gasteiger partial charge in [0.15, 0.2) is 0 Å². The van der Waals surface area contributed by atoms with Crippen LogP contribution >= 0.6 is 0 Å².